The number of rotatable bonds is 8. The number of nitrogens with one attached hydrogen (secondary N) is 2. The Morgan fingerprint density at radius 2 is 1.90 bits per heavy atom. The summed E-state index contributed by atoms with van der Waals surface area (Å²) in [5.74, 6) is 0.691. The molecule has 1 unspecified atom stereocenters. The molecule has 2 aromatic carbocycles. The average molecular weight is 392 g/mol. The lowest BCUT2D eigenvalue weighted by molar-refractivity contribution is -0.120. The highest BCUT2D eigenvalue weighted by molar-refractivity contribution is 5.92. The van der Waals surface area contributed by atoms with Crippen LogP contribution in [0.2, 0.25) is 0 Å². The molecule has 150 valence electrons. The van der Waals surface area contributed by atoms with E-state index in [4.69, 9.17) is 10.5 Å². The minimum Gasteiger partial charge on any atom is -0.484 e. The summed E-state index contributed by atoms with van der Waals surface area (Å²) in [4.78, 5) is 31.1. The number of nitrogens with two attached hydrogens (primary N) is 1. The molecule has 0 aliphatic carbocycles. The van der Waals surface area contributed by atoms with Crippen LogP contribution in [0.5, 0.6) is 5.75 Å². The number of H-pyrrole nitrogens is 1. The number of fused-ring (bicyclic) bond motifs is 1. The van der Waals surface area contributed by atoms with E-state index in [1.165, 1.54) is 6.08 Å². The van der Waals surface area contributed by atoms with E-state index in [9.17, 15) is 9.59 Å². The molecular formula is C22H24N4O3. The van der Waals surface area contributed by atoms with E-state index in [2.05, 4.69) is 15.3 Å². The summed E-state index contributed by atoms with van der Waals surface area (Å²) in [5, 5.41) is 3.01. The fraction of sp³-hybridized carbons (Fsp3) is 0.227. The van der Waals surface area contributed by atoms with Gasteiger partial charge in [0.05, 0.1) is 17.1 Å². The monoisotopic (exact) mass is 392 g/mol. The highest BCUT2D eigenvalue weighted by Crippen LogP contribution is 2.22. The van der Waals surface area contributed by atoms with Crippen molar-refractivity contribution in [3.63, 3.8) is 0 Å². The first-order valence-electron chi connectivity index (χ1n) is 9.37. The molecule has 2 amide bonds. The summed E-state index contributed by atoms with van der Waals surface area (Å²) in [6.45, 7) is 3.90. The lowest BCUT2D eigenvalue weighted by atomic mass is 10.0. The lowest BCUT2D eigenvalue weighted by Gasteiger charge is -2.19. The number of imidazole rings is 1. The first-order chi connectivity index (χ1) is 13.9. The summed E-state index contributed by atoms with van der Waals surface area (Å²) in [6, 6.07) is 14.6. The molecule has 1 aromatic heterocycles. The van der Waals surface area contributed by atoms with E-state index < -0.39 is 5.91 Å². The number of nitrogens with zero attached hydrogens (tertiary/aromatic N) is 1. The summed E-state index contributed by atoms with van der Waals surface area (Å²) in [6.07, 6.45) is 3.19. The predicted octanol–water partition coefficient (Wildman–Crippen LogP) is 2.95. The van der Waals surface area contributed by atoms with Crippen LogP contribution < -0.4 is 15.8 Å². The van der Waals surface area contributed by atoms with Gasteiger partial charge in [-0.1, -0.05) is 38.1 Å². The number of aromatic nitrogens is 2. The van der Waals surface area contributed by atoms with Crippen LogP contribution in [-0.2, 0) is 9.59 Å². The molecule has 3 rings (SSSR count). The predicted molar refractivity (Wildman–Crippen MR) is 112 cm³/mol. The normalized spacial score (nSPS) is 12.4. The molecular weight excluding hydrogens is 368 g/mol. The summed E-state index contributed by atoms with van der Waals surface area (Å²) < 4.78 is 5.21. The second-order valence-corrected chi connectivity index (χ2v) is 7.03. The standard InChI is InChI=1S/C22H24N4O3/c1-14(2)21(22-24-17-5-3-4-6-18(17)25-22)26-20(28)12-9-15-7-10-16(11-8-15)29-13-19(23)27/h3-12,14,21H,13H2,1-2H3,(H2,23,27)(H,24,25)(H,26,28)/b12-9+. The van der Waals surface area contributed by atoms with Crippen molar-refractivity contribution in [3.05, 3.63) is 66.0 Å². The summed E-state index contributed by atoms with van der Waals surface area (Å²) in [5.41, 5.74) is 7.69. The van der Waals surface area contributed by atoms with Crippen molar-refractivity contribution >= 4 is 28.9 Å². The van der Waals surface area contributed by atoms with E-state index in [1.807, 2.05) is 38.1 Å². The summed E-state index contributed by atoms with van der Waals surface area (Å²) >= 11 is 0. The molecule has 1 heterocycles. The van der Waals surface area contributed by atoms with Crippen LogP contribution in [0, 0.1) is 5.92 Å². The molecule has 0 saturated carbocycles. The van der Waals surface area contributed by atoms with Crippen LogP contribution in [0.4, 0.5) is 0 Å². The maximum Gasteiger partial charge on any atom is 0.255 e. The SMILES string of the molecule is CC(C)C(NC(=O)/C=C/c1ccc(OCC(N)=O)cc1)c1nc2ccccc2[nH]1. The van der Waals surface area contributed by atoms with Crippen molar-refractivity contribution in [2.45, 2.75) is 19.9 Å². The third kappa shape index (κ3) is 5.44. The second-order valence-electron chi connectivity index (χ2n) is 7.03. The van der Waals surface area contributed by atoms with Gasteiger partial charge >= 0.3 is 0 Å². The molecule has 7 heteroatoms. The Balaban J connectivity index is 1.65. The van der Waals surface area contributed by atoms with Crippen LogP contribution in [0.15, 0.2) is 54.6 Å². The van der Waals surface area contributed by atoms with Crippen molar-refractivity contribution in [1.29, 1.82) is 0 Å². The average Bonchev–Trinajstić information content (AvgIpc) is 3.13. The maximum absolute atomic E-state index is 12.4. The molecule has 0 aliphatic heterocycles. The van der Waals surface area contributed by atoms with Crippen molar-refractivity contribution in [2.75, 3.05) is 6.61 Å². The molecule has 0 bridgehead atoms. The van der Waals surface area contributed by atoms with E-state index in [0.717, 1.165) is 22.4 Å². The molecule has 1 atom stereocenters. The lowest BCUT2D eigenvalue weighted by Crippen LogP contribution is -2.31. The Morgan fingerprint density at radius 3 is 2.55 bits per heavy atom. The van der Waals surface area contributed by atoms with Crippen LogP contribution in [0.25, 0.3) is 17.1 Å². The van der Waals surface area contributed by atoms with E-state index in [-0.39, 0.29) is 24.5 Å². The maximum atomic E-state index is 12.4. The van der Waals surface area contributed by atoms with Crippen molar-refractivity contribution in [1.82, 2.24) is 15.3 Å². The highest BCUT2D eigenvalue weighted by Gasteiger charge is 2.20. The van der Waals surface area contributed by atoms with Gasteiger partial charge in [-0.25, -0.2) is 4.98 Å². The fourth-order valence-electron chi connectivity index (χ4n) is 2.87. The summed E-state index contributed by atoms with van der Waals surface area (Å²) in [7, 11) is 0. The molecule has 3 aromatic rings. The zero-order valence-electron chi connectivity index (χ0n) is 16.4. The van der Waals surface area contributed by atoms with Gasteiger partial charge in [-0.05, 0) is 41.8 Å². The number of primary amides is 1. The highest BCUT2D eigenvalue weighted by atomic mass is 16.5. The molecule has 0 spiro atoms. The van der Waals surface area contributed by atoms with Gasteiger partial charge in [0, 0.05) is 6.08 Å². The van der Waals surface area contributed by atoms with Gasteiger partial charge in [0.1, 0.15) is 11.6 Å². The molecule has 7 nitrogen and oxygen atoms in total. The van der Waals surface area contributed by atoms with Crippen LogP contribution in [-0.4, -0.2) is 28.4 Å². The molecule has 4 N–H and O–H groups in total. The van der Waals surface area contributed by atoms with Crippen molar-refractivity contribution in [3.8, 4) is 5.75 Å². The van der Waals surface area contributed by atoms with Gasteiger partial charge in [-0.3, -0.25) is 9.59 Å². The number of hydrogen-bond acceptors (Lipinski definition) is 4. The number of carbonyl (C=O) groups excluding carboxylic acids is 2. The van der Waals surface area contributed by atoms with Gasteiger partial charge < -0.3 is 20.8 Å². The number of carbonyl (C=O) groups is 2. The Hall–Kier alpha value is -3.61. The number of amides is 2. The first-order valence-corrected chi connectivity index (χ1v) is 9.37. The Kier molecular flexibility index (Phi) is 6.29. The minimum atomic E-state index is -0.533. The Morgan fingerprint density at radius 1 is 1.17 bits per heavy atom. The molecule has 29 heavy (non-hydrogen) atoms. The second kappa shape index (κ2) is 9.05. The van der Waals surface area contributed by atoms with Gasteiger partial charge in [0.25, 0.3) is 5.91 Å². The minimum absolute atomic E-state index is 0.162. The Bertz CT molecular complexity index is 989. The van der Waals surface area contributed by atoms with Crippen LogP contribution in [0.3, 0.4) is 0 Å². The number of benzene rings is 2. The van der Waals surface area contributed by atoms with Crippen molar-refractivity contribution in [2.24, 2.45) is 11.7 Å². The first kappa shape index (κ1) is 20.1. The molecule has 0 radical (unpaired) electrons. The van der Waals surface area contributed by atoms with E-state index in [1.54, 1.807) is 30.3 Å². The number of aromatic amines is 1. The fourth-order valence-corrected chi connectivity index (χ4v) is 2.87. The van der Waals surface area contributed by atoms with Crippen LogP contribution >= 0.6 is 0 Å². The van der Waals surface area contributed by atoms with E-state index >= 15 is 0 Å². The largest absolute Gasteiger partial charge is 0.484 e. The number of ether oxygens (including phenoxy) is 1. The molecule has 0 saturated heterocycles. The van der Waals surface area contributed by atoms with Gasteiger partial charge in [-0.2, -0.15) is 0 Å². The quantitative estimate of drug-likeness (QED) is 0.512. The Labute approximate surface area is 169 Å². The van der Waals surface area contributed by atoms with Gasteiger partial charge in [0.15, 0.2) is 6.61 Å². The third-order valence-corrected chi connectivity index (χ3v) is 4.36. The molecule has 0 fully saturated rings. The number of para-hydroxylation sites is 2. The zero-order chi connectivity index (χ0) is 20.8. The van der Waals surface area contributed by atoms with Crippen molar-refractivity contribution < 1.29 is 14.3 Å². The van der Waals surface area contributed by atoms with E-state index in [0.29, 0.717) is 5.75 Å². The third-order valence-electron chi connectivity index (χ3n) is 4.36. The smallest absolute Gasteiger partial charge is 0.255 e. The molecule has 0 aliphatic rings. The topological polar surface area (TPSA) is 110 Å². The van der Waals surface area contributed by atoms with Gasteiger partial charge in [-0.15, -0.1) is 0 Å². The van der Waals surface area contributed by atoms with Crippen LogP contribution in [0.1, 0.15) is 31.3 Å². The zero-order valence-corrected chi connectivity index (χ0v) is 16.4. The number of hydrogen-bond donors (Lipinski definition) is 3. The van der Waals surface area contributed by atoms with Gasteiger partial charge in [0.2, 0.25) is 5.91 Å².